The molecule has 1 aliphatic heterocycles. The smallest absolute Gasteiger partial charge is 0.161 e. The van der Waals surface area contributed by atoms with E-state index in [1.54, 1.807) is 14.2 Å². The first-order valence-corrected chi connectivity index (χ1v) is 11.4. The molecule has 1 aliphatic rings. The second-order valence-corrected chi connectivity index (χ2v) is 8.55. The van der Waals surface area contributed by atoms with Gasteiger partial charge >= 0.3 is 0 Å². The molecule has 158 valence electrons. The van der Waals surface area contributed by atoms with E-state index in [2.05, 4.69) is 61.4 Å². The second-order valence-electron chi connectivity index (χ2n) is 7.54. The van der Waals surface area contributed by atoms with Crippen LogP contribution in [0.3, 0.4) is 0 Å². The Balaban J connectivity index is 2.22. The van der Waals surface area contributed by atoms with Gasteiger partial charge in [-0.15, -0.1) is 11.8 Å². The molecule has 2 aromatic carbocycles. The van der Waals surface area contributed by atoms with Gasteiger partial charge in [0.1, 0.15) is 0 Å². The number of ether oxygens (including phenoxy) is 2. The maximum atomic E-state index is 6.18. The van der Waals surface area contributed by atoms with E-state index in [4.69, 9.17) is 14.3 Å². The Bertz CT molecular complexity index is 798. The van der Waals surface area contributed by atoms with Crippen LogP contribution in [0, 0.1) is 0 Å². The van der Waals surface area contributed by atoms with Crippen molar-refractivity contribution in [2.24, 2.45) is 0 Å². The third-order valence-electron chi connectivity index (χ3n) is 5.97. The summed E-state index contributed by atoms with van der Waals surface area (Å²) in [7, 11) is 5.19. The highest BCUT2D eigenvalue weighted by molar-refractivity contribution is 7.99. The molecule has 1 heterocycles. The van der Waals surface area contributed by atoms with Gasteiger partial charge in [0, 0.05) is 10.6 Å². The molecule has 0 bridgehead atoms. The molecule has 4 nitrogen and oxygen atoms in total. The molecule has 0 unspecified atom stereocenters. The summed E-state index contributed by atoms with van der Waals surface area (Å²) < 4.78 is 11.2. The zero-order valence-corrected chi connectivity index (χ0v) is 19.1. The Labute approximate surface area is 179 Å². The lowest BCUT2D eigenvalue weighted by Crippen LogP contribution is -2.51. The molecule has 0 saturated heterocycles. The van der Waals surface area contributed by atoms with Crippen molar-refractivity contribution >= 4 is 11.8 Å². The van der Waals surface area contributed by atoms with Crippen molar-refractivity contribution in [1.82, 2.24) is 5.06 Å². The van der Waals surface area contributed by atoms with Crippen LogP contribution in [0.5, 0.6) is 11.5 Å². The number of methoxy groups -OCH3 is 2. The van der Waals surface area contributed by atoms with Crippen LogP contribution in [-0.4, -0.2) is 37.7 Å². The Hall–Kier alpha value is -1.69. The number of hydroxylamine groups is 2. The fraction of sp³-hybridized carbons (Fsp3) is 0.500. The molecule has 0 fully saturated rings. The molecular weight excluding hydrogens is 382 g/mol. The normalized spacial score (nSPS) is 22.0. The van der Waals surface area contributed by atoms with E-state index in [-0.39, 0.29) is 11.6 Å². The predicted molar refractivity (Wildman–Crippen MR) is 120 cm³/mol. The van der Waals surface area contributed by atoms with Crippen molar-refractivity contribution in [3.8, 4) is 11.5 Å². The zero-order chi connectivity index (χ0) is 20.9. The van der Waals surface area contributed by atoms with E-state index in [0.717, 1.165) is 30.1 Å². The van der Waals surface area contributed by atoms with Gasteiger partial charge in [-0.05, 0) is 36.1 Å². The van der Waals surface area contributed by atoms with Crippen molar-refractivity contribution < 1.29 is 14.3 Å². The van der Waals surface area contributed by atoms with Crippen LogP contribution < -0.4 is 9.47 Å². The SMILES string of the molecule is CCCC[C@@]1(CC)CSc2cc(OC)c(OC)cc2[C@H](c2ccccc2)N1OC. The van der Waals surface area contributed by atoms with Gasteiger partial charge in [-0.3, -0.25) is 0 Å². The summed E-state index contributed by atoms with van der Waals surface area (Å²) in [5.74, 6) is 2.50. The van der Waals surface area contributed by atoms with Gasteiger partial charge in [-0.25, -0.2) is 0 Å². The standard InChI is InChI=1S/C24H33NO3S/c1-6-8-14-24(7-2)17-29-22-16-21(27-4)20(26-3)15-19(22)23(25(24)28-5)18-12-10-9-11-13-18/h9-13,15-16,23H,6-8,14,17H2,1-5H3/t23-,24-/m0/s1. The summed E-state index contributed by atoms with van der Waals surface area (Å²) >= 11 is 1.90. The van der Waals surface area contributed by atoms with E-state index in [9.17, 15) is 0 Å². The lowest BCUT2D eigenvalue weighted by molar-refractivity contribution is -0.220. The molecule has 2 atom stereocenters. The monoisotopic (exact) mass is 415 g/mol. The van der Waals surface area contributed by atoms with Crippen molar-refractivity contribution in [3.63, 3.8) is 0 Å². The Morgan fingerprint density at radius 2 is 1.72 bits per heavy atom. The third kappa shape index (κ3) is 4.27. The number of benzene rings is 2. The summed E-state index contributed by atoms with van der Waals surface area (Å²) in [4.78, 5) is 7.40. The number of hydrogen-bond donors (Lipinski definition) is 0. The lowest BCUT2D eigenvalue weighted by atomic mass is 9.87. The van der Waals surface area contributed by atoms with Gasteiger partial charge in [-0.1, -0.05) is 57.0 Å². The van der Waals surface area contributed by atoms with Gasteiger partial charge in [-0.2, -0.15) is 5.06 Å². The molecule has 0 aromatic heterocycles. The van der Waals surface area contributed by atoms with E-state index in [0.29, 0.717) is 0 Å². The van der Waals surface area contributed by atoms with E-state index >= 15 is 0 Å². The molecule has 3 rings (SSSR count). The van der Waals surface area contributed by atoms with Gasteiger partial charge in [0.05, 0.1) is 32.9 Å². The van der Waals surface area contributed by atoms with Crippen LogP contribution in [0.1, 0.15) is 56.7 Å². The summed E-state index contributed by atoms with van der Waals surface area (Å²) in [6, 6.07) is 14.9. The van der Waals surface area contributed by atoms with Gasteiger partial charge in [0.25, 0.3) is 0 Å². The summed E-state index contributed by atoms with van der Waals surface area (Å²) in [6.07, 6.45) is 4.49. The van der Waals surface area contributed by atoms with Crippen LogP contribution in [0.2, 0.25) is 0 Å². The van der Waals surface area contributed by atoms with Gasteiger partial charge in [0.15, 0.2) is 11.5 Å². The maximum absolute atomic E-state index is 6.18. The maximum Gasteiger partial charge on any atom is 0.161 e. The number of rotatable bonds is 8. The first-order valence-electron chi connectivity index (χ1n) is 10.4. The van der Waals surface area contributed by atoms with Crippen molar-refractivity contribution in [3.05, 3.63) is 53.6 Å². The predicted octanol–water partition coefficient (Wildman–Crippen LogP) is 6.10. The van der Waals surface area contributed by atoms with Crippen LogP contribution in [0.25, 0.3) is 0 Å². The largest absolute Gasteiger partial charge is 0.493 e. The Morgan fingerprint density at radius 3 is 2.31 bits per heavy atom. The highest BCUT2D eigenvalue weighted by atomic mass is 32.2. The number of hydrogen-bond acceptors (Lipinski definition) is 5. The minimum atomic E-state index is -0.0462. The quantitative estimate of drug-likeness (QED) is 0.520. The number of fused-ring (bicyclic) bond motifs is 1. The molecular formula is C24H33NO3S. The molecule has 0 N–H and O–H groups in total. The summed E-state index contributed by atoms with van der Waals surface area (Å²) in [6.45, 7) is 4.53. The first kappa shape index (κ1) is 22.0. The summed E-state index contributed by atoms with van der Waals surface area (Å²) in [5.41, 5.74) is 2.38. The second kappa shape index (κ2) is 9.88. The van der Waals surface area contributed by atoms with Gasteiger partial charge < -0.3 is 14.3 Å². The van der Waals surface area contributed by atoms with Crippen molar-refractivity contribution in [2.75, 3.05) is 27.1 Å². The molecule has 0 radical (unpaired) electrons. The minimum absolute atomic E-state index is 0.0113. The molecule has 5 heteroatoms. The van der Waals surface area contributed by atoms with Crippen LogP contribution >= 0.6 is 11.8 Å². The van der Waals surface area contributed by atoms with E-state index < -0.39 is 0 Å². The average molecular weight is 416 g/mol. The van der Waals surface area contributed by atoms with E-state index in [1.807, 2.05) is 18.9 Å². The minimum Gasteiger partial charge on any atom is -0.493 e. The Morgan fingerprint density at radius 1 is 1.03 bits per heavy atom. The van der Waals surface area contributed by atoms with Crippen LogP contribution in [0.15, 0.2) is 47.4 Å². The summed E-state index contributed by atoms with van der Waals surface area (Å²) in [5, 5.41) is 2.25. The molecule has 0 spiro atoms. The molecule has 0 saturated carbocycles. The van der Waals surface area contributed by atoms with E-state index in [1.165, 1.54) is 28.9 Å². The molecule has 29 heavy (non-hydrogen) atoms. The fourth-order valence-corrected chi connectivity index (χ4v) is 5.69. The van der Waals surface area contributed by atoms with Crippen LogP contribution in [0.4, 0.5) is 0 Å². The fourth-order valence-electron chi connectivity index (χ4n) is 4.26. The molecule has 2 aromatic rings. The molecule has 0 aliphatic carbocycles. The third-order valence-corrected chi connectivity index (χ3v) is 7.32. The van der Waals surface area contributed by atoms with Crippen molar-refractivity contribution in [1.29, 1.82) is 0 Å². The number of unbranched alkanes of at least 4 members (excludes halogenated alkanes) is 1. The first-order chi connectivity index (χ1) is 14.1. The Kier molecular flexibility index (Phi) is 7.49. The van der Waals surface area contributed by atoms with Gasteiger partial charge in [0.2, 0.25) is 0 Å². The lowest BCUT2D eigenvalue weighted by Gasteiger charge is -2.44. The topological polar surface area (TPSA) is 30.9 Å². The number of thioether (sulfide) groups is 1. The zero-order valence-electron chi connectivity index (χ0n) is 18.2. The highest BCUT2D eigenvalue weighted by Crippen LogP contribution is 2.49. The average Bonchev–Trinajstić information content (AvgIpc) is 2.91. The van der Waals surface area contributed by atoms with Crippen LogP contribution in [-0.2, 0) is 4.84 Å². The number of nitrogens with zero attached hydrogens (tertiary/aromatic N) is 1. The molecule has 0 amide bonds. The van der Waals surface area contributed by atoms with Crippen molar-refractivity contribution in [2.45, 2.75) is 56.0 Å². The highest BCUT2D eigenvalue weighted by Gasteiger charge is 2.44.